The van der Waals surface area contributed by atoms with E-state index in [1.54, 1.807) is 0 Å². The number of carbonyl (C=O) groups excluding carboxylic acids is 1. The molecule has 0 aromatic heterocycles. The third-order valence-corrected chi connectivity index (χ3v) is 3.31. The van der Waals surface area contributed by atoms with Gasteiger partial charge in [0.1, 0.15) is 0 Å². The molecule has 1 atom stereocenters. The average molecular weight is 284 g/mol. The molecular formula is C12H20F4N2O. The summed E-state index contributed by atoms with van der Waals surface area (Å²) in [5, 5.41) is 4.90. The van der Waals surface area contributed by atoms with Crippen LogP contribution in [0.1, 0.15) is 39.0 Å². The van der Waals surface area contributed by atoms with Crippen LogP contribution in [0.4, 0.5) is 17.6 Å². The SMILES string of the molecule is CC(NCC(F)(F)C(F)F)C(=O)NC1CCCCC1. The molecule has 3 nitrogen and oxygen atoms in total. The monoisotopic (exact) mass is 284 g/mol. The Hall–Kier alpha value is -0.850. The molecule has 19 heavy (non-hydrogen) atoms. The van der Waals surface area contributed by atoms with Crippen molar-refractivity contribution in [2.45, 2.75) is 63.5 Å². The Labute approximate surface area is 110 Å². The average Bonchev–Trinajstić information content (AvgIpc) is 2.37. The standard InChI is InChI=1S/C12H20F4N2O/c1-8(17-7-12(15,16)11(13)14)10(19)18-9-5-3-2-4-6-9/h8-9,11,17H,2-7H2,1H3,(H,18,19). The molecule has 1 amide bonds. The molecule has 0 bridgehead atoms. The fraction of sp³-hybridized carbons (Fsp3) is 0.917. The van der Waals surface area contributed by atoms with Crippen LogP contribution in [-0.2, 0) is 4.79 Å². The van der Waals surface area contributed by atoms with E-state index in [0.717, 1.165) is 32.1 Å². The van der Waals surface area contributed by atoms with Crippen molar-refractivity contribution in [1.29, 1.82) is 0 Å². The van der Waals surface area contributed by atoms with Gasteiger partial charge < -0.3 is 10.6 Å². The summed E-state index contributed by atoms with van der Waals surface area (Å²) in [7, 11) is 0. The zero-order valence-corrected chi connectivity index (χ0v) is 10.9. The summed E-state index contributed by atoms with van der Waals surface area (Å²) in [5.41, 5.74) is 0. The first-order valence-corrected chi connectivity index (χ1v) is 6.52. The Kier molecular flexibility index (Phi) is 6.03. The molecule has 0 aliphatic heterocycles. The van der Waals surface area contributed by atoms with Crippen LogP contribution in [0.2, 0.25) is 0 Å². The highest BCUT2D eigenvalue weighted by Gasteiger charge is 2.40. The van der Waals surface area contributed by atoms with Crippen molar-refractivity contribution in [3.8, 4) is 0 Å². The lowest BCUT2D eigenvalue weighted by molar-refractivity contribution is -0.131. The lowest BCUT2D eigenvalue weighted by Crippen LogP contribution is -2.50. The minimum absolute atomic E-state index is 0.0705. The van der Waals surface area contributed by atoms with E-state index in [9.17, 15) is 22.4 Å². The number of rotatable bonds is 6. The Morgan fingerprint density at radius 2 is 1.84 bits per heavy atom. The summed E-state index contributed by atoms with van der Waals surface area (Å²) in [5.74, 6) is -4.53. The van der Waals surface area contributed by atoms with Gasteiger partial charge in [0.25, 0.3) is 0 Å². The first-order valence-electron chi connectivity index (χ1n) is 6.52. The zero-order valence-electron chi connectivity index (χ0n) is 10.9. The number of hydrogen-bond acceptors (Lipinski definition) is 2. The van der Waals surface area contributed by atoms with Crippen molar-refractivity contribution in [2.75, 3.05) is 6.54 Å². The summed E-state index contributed by atoms with van der Waals surface area (Å²) in [6.07, 6.45) is 1.25. The molecule has 7 heteroatoms. The Morgan fingerprint density at radius 1 is 1.26 bits per heavy atom. The van der Waals surface area contributed by atoms with E-state index in [0.29, 0.717) is 0 Å². The molecule has 112 valence electrons. The minimum Gasteiger partial charge on any atom is -0.352 e. The molecule has 0 aromatic rings. The molecule has 1 unspecified atom stereocenters. The topological polar surface area (TPSA) is 41.1 Å². The smallest absolute Gasteiger partial charge is 0.319 e. The molecule has 1 aliphatic rings. The molecule has 0 saturated heterocycles. The van der Waals surface area contributed by atoms with E-state index in [1.807, 2.05) is 0 Å². The Balaban J connectivity index is 2.32. The van der Waals surface area contributed by atoms with Crippen molar-refractivity contribution in [2.24, 2.45) is 0 Å². The van der Waals surface area contributed by atoms with E-state index in [-0.39, 0.29) is 6.04 Å². The Morgan fingerprint density at radius 3 is 2.37 bits per heavy atom. The molecule has 1 aliphatic carbocycles. The van der Waals surface area contributed by atoms with Crippen molar-refractivity contribution in [1.82, 2.24) is 10.6 Å². The van der Waals surface area contributed by atoms with Gasteiger partial charge in [-0.1, -0.05) is 19.3 Å². The second kappa shape index (κ2) is 7.07. The van der Waals surface area contributed by atoms with Crippen LogP contribution in [0, 0.1) is 0 Å². The van der Waals surface area contributed by atoms with Gasteiger partial charge in [-0.3, -0.25) is 4.79 Å². The number of halogens is 4. The van der Waals surface area contributed by atoms with E-state index in [1.165, 1.54) is 6.92 Å². The fourth-order valence-corrected chi connectivity index (χ4v) is 2.03. The first-order chi connectivity index (χ1) is 8.83. The van der Waals surface area contributed by atoms with E-state index >= 15 is 0 Å². The summed E-state index contributed by atoms with van der Waals surface area (Å²) in [6, 6.07) is -0.840. The third-order valence-electron chi connectivity index (χ3n) is 3.31. The fourth-order valence-electron chi connectivity index (χ4n) is 2.03. The molecule has 0 heterocycles. The predicted octanol–water partition coefficient (Wildman–Crippen LogP) is 2.31. The van der Waals surface area contributed by atoms with Gasteiger partial charge in [-0.05, 0) is 19.8 Å². The van der Waals surface area contributed by atoms with Gasteiger partial charge >= 0.3 is 12.3 Å². The van der Waals surface area contributed by atoms with Gasteiger partial charge in [-0.15, -0.1) is 0 Å². The van der Waals surface area contributed by atoms with Gasteiger partial charge in [-0.25, -0.2) is 8.78 Å². The summed E-state index contributed by atoms with van der Waals surface area (Å²) >= 11 is 0. The first kappa shape index (κ1) is 16.2. The van der Waals surface area contributed by atoms with Gasteiger partial charge in [0.05, 0.1) is 12.6 Å². The largest absolute Gasteiger partial charge is 0.352 e. The van der Waals surface area contributed by atoms with Crippen LogP contribution in [0.5, 0.6) is 0 Å². The van der Waals surface area contributed by atoms with Crippen LogP contribution < -0.4 is 10.6 Å². The number of nitrogens with one attached hydrogen (secondary N) is 2. The quantitative estimate of drug-likeness (QED) is 0.735. The van der Waals surface area contributed by atoms with Gasteiger partial charge in [0.15, 0.2) is 0 Å². The highest BCUT2D eigenvalue weighted by molar-refractivity contribution is 5.81. The van der Waals surface area contributed by atoms with Crippen molar-refractivity contribution >= 4 is 5.91 Å². The second-order valence-electron chi connectivity index (χ2n) is 5.01. The molecule has 0 spiro atoms. The van der Waals surface area contributed by atoms with Crippen molar-refractivity contribution in [3.63, 3.8) is 0 Å². The van der Waals surface area contributed by atoms with Crippen molar-refractivity contribution in [3.05, 3.63) is 0 Å². The van der Waals surface area contributed by atoms with E-state index in [4.69, 9.17) is 0 Å². The highest BCUT2D eigenvalue weighted by atomic mass is 19.3. The third kappa shape index (κ3) is 5.34. The van der Waals surface area contributed by atoms with Crippen LogP contribution in [0.25, 0.3) is 0 Å². The molecular weight excluding hydrogens is 264 g/mol. The van der Waals surface area contributed by atoms with Gasteiger partial charge in [0, 0.05) is 6.04 Å². The lowest BCUT2D eigenvalue weighted by Gasteiger charge is -2.25. The van der Waals surface area contributed by atoms with Gasteiger partial charge in [0.2, 0.25) is 5.91 Å². The number of amides is 1. The normalized spacial score (nSPS) is 19.5. The van der Waals surface area contributed by atoms with E-state index in [2.05, 4.69) is 10.6 Å². The van der Waals surface area contributed by atoms with Crippen LogP contribution in [-0.4, -0.2) is 36.9 Å². The maximum atomic E-state index is 12.7. The van der Waals surface area contributed by atoms with Gasteiger partial charge in [-0.2, -0.15) is 8.78 Å². The van der Waals surface area contributed by atoms with E-state index < -0.39 is 30.8 Å². The maximum absolute atomic E-state index is 12.7. The zero-order chi connectivity index (χ0) is 14.5. The molecule has 1 fully saturated rings. The maximum Gasteiger partial charge on any atom is 0.319 e. The number of hydrogen-bond donors (Lipinski definition) is 2. The van der Waals surface area contributed by atoms with Crippen LogP contribution in [0.15, 0.2) is 0 Å². The summed E-state index contributed by atoms with van der Waals surface area (Å²) in [4.78, 5) is 11.7. The predicted molar refractivity (Wildman–Crippen MR) is 63.4 cm³/mol. The minimum atomic E-state index is -4.11. The molecule has 0 radical (unpaired) electrons. The summed E-state index contributed by atoms with van der Waals surface area (Å²) in [6.45, 7) is 0.184. The van der Waals surface area contributed by atoms with Crippen LogP contribution in [0.3, 0.4) is 0 Å². The molecule has 1 rings (SSSR count). The molecule has 2 N–H and O–H groups in total. The summed E-state index contributed by atoms with van der Waals surface area (Å²) < 4.78 is 49.3. The van der Waals surface area contributed by atoms with Crippen molar-refractivity contribution < 1.29 is 22.4 Å². The molecule has 0 aromatic carbocycles. The van der Waals surface area contributed by atoms with Crippen LogP contribution >= 0.6 is 0 Å². The highest BCUT2D eigenvalue weighted by Crippen LogP contribution is 2.21. The Bertz CT molecular complexity index is 293. The lowest BCUT2D eigenvalue weighted by atomic mass is 9.95. The number of carbonyl (C=O) groups is 1. The number of alkyl halides is 4. The molecule has 1 saturated carbocycles. The second-order valence-corrected chi connectivity index (χ2v) is 5.01.